The van der Waals surface area contributed by atoms with Gasteiger partial charge in [0.15, 0.2) is 11.5 Å². The zero-order valence-electron chi connectivity index (χ0n) is 8.97. The second-order valence-corrected chi connectivity index (χ2v) is 4.09. The molecule has 5 heteroatoms. The zero-order valence-corrected chi connectivity index (χ0v) is 8.97. The van der Waals surface area contributed by atoms with Crippen molar-refractivity contribution in [3.8, 4) is 11.5 Å². The first kappa shape index (κ1) is 10.1. The molecule has 0 aromatic heterocycles. The highest BCUT2D eigenvalue weighted by Crippen LogP contribution is 2.33. The Kier molecular flexibility index (Phi) is 2.24. The van der Waals surface area contributed by atoms with Crippen LogP contribution in [0.4, 0.5) is 0 Å². The van der Waals surface area contributed by atoms with Gasteiger partial charge < -0.3 is 14.2 Å². The Balaban J connectivity index is 1.77. The fraction of sp³-hybridized carbons (Fsp3) is 0.333. The fourth-order valence-electron chi connectivity index (χ4n) is 2.03. The van der Waals surface area contributed by atoms with Crippen molar-refractivity contribution >= 4 is 11.9 Å². The van der Waals surface area contributed by atoms with E-state index in [0.717, 1.165) is 5.56 Å². The van der Waals surface area contributed by atoms with Gasteiger partial charge in [0.1, 0.15) is 0 Å². The van der Waals surface area contributed by atoms with Crippen molar-refractivity contribution in [2.75, 3.05) is 6.79 Å². The maximum atomic E-state index is 11.3. The Morgan fingerprint density at radius 2 is 2.00 bits per heavy atom. The summed E-state index contributed by atoms with van der Waals surface area (Å²) in [5.41, 5.74) is 0.936. The highest BCUT2D eigenvalue weighted by molar-refractivity contribution is 5.94. The highest BCUT2D eigenvalue weighted by Gasteiger charge is 2.33. The molecule has 5 nitrogen and oxygen atoms in total. The van der Waals surface area contributed by atoms with E-state index >= 15 is 0 Å². The molecule has 0 N–H and O–H groups in total. The molecule has 88 valence electrons. The van der Waals surface area contributed by atoms with Crippen LogP contribution in [0.2, 0.25) is 0 Å². The Bertz CT molecular complexity index is 494. The third-order valence-corrected chi connectivity index (χ3v) is 2.88. The van der Waals surface area contributed by atoms with Crippen molar-refractivity contribution in [2.24, 2.45) is 5.92 Å². The second kappa shape index (κ2) is 3.76. The predicted octanol–water partition coefficient (Wildman–Crippen LogP) is 1.05. The molecular formula is C12H10O5. The van der Waals surface area contributed by atoms with E-state index in [4.69, 9.17) is 9.47 Å². The summed E-state index contributed by atoms with van der Waals surface area (Å²) in [6.07, 6.45) is 0.647. The van der Waals surface area contributed by atoms with E-state index in [1.807, 2.05) is 12.1 Å². The Labute approximate surface area is 97.3 Å². The van der Waals surface area contributed by atoms with Crippen molar-refractivity contribution < 1.29 is 23.8 Å². The van der Waals surface area contributed by atoms with Crippen molar-refractivity contribution in [3.63, 3.8) is 0 Å². The van der Waals surface area contributed by atoms with E-state index in [1.165, 1.54) is 0 Å². The summed E-state index contributed by atoms with van der Waals surface area (Å²) >= 11 is 0. The topological polar surface area (TPSA) is 61.8 Å². The van der Waals surface area contributed by atoms with Crippen LogP contribution in [-0.2, 0) is 20.7 Å². The van der Waals surface area contributed by atoms with Gasteiger partial charge in [-0.15, -0.1) is 0 Å². The lowest BCUT2D eigenvalue weighted by atomic mass is 9.98. The van der Waals surface area contributed by atoms with Gasteiger partial charge in [0.2, 0.25) is 6.79 Å². The van der Waals surface area contributed by atoms with Gasteiger partial charge in [-0.25, -0.2) is 0 Å². The lowest BCUT2D eigenvalue weighted by molar-refractivity contribution is -0.153. The maximum Gasteiger partial charge on any atom is 0.317 e. The van der Waals surface area contributed by atoms with Gasteiger partial charge in [0.25, 0.3) is 0 Å². The van der Waals surface area contributed by atoms with Crippen molar-refractivity contribution in [1.82, 2.24) is 0 Å². The largest absolute Gasteiger partial charge is 0.454 e. The molecular weight excluding hydrogens is 224 g/mol. The quantitative estimate of drug-likeness (QED) is 0.565. The number of rotatable bonds is 2. The van der Waals surface area contributed by atoms with Crippen LogP contribution < -0.4 is 9.47 Å². The van der Waals surface area contributed by atoms with Crippen LogP contribution in [-0.4, -0.2) is 18.7 Å². The monoisotopic (exact) mass is 234 g/mol. The van der Waals surface area contributed by atoms with Crippen LogP contribution in [0.1, 0.15) is 12.0 Å². The number of hydrogen-bond acceptors (Lipinski definition) is 5. The third-order valence-electron chi connectivity index (χ3n) is 2.88. The lowest BCUT2D eigenvalue weighted by Gasteiger charge is -2.05. The molecule has 2 heterocycles. The van der Waals surface area contributed by atoms with E-state index in [9.17, 15) is 9.59 Å². The van der Waals surface area contributed by atoms with Crippen LogP contribution in [0.15, 0.2) is 18.2 Å². The molecule has 1 fully saturated rings. The van der Waals surface area contributed by atoms with Gasteiger partial charge in [-0.1, -0.05) is 6.07 Å². The standard InChI is InChI=1S/C12H10O5/c13-11-5-8(12(14)17-11)3-7-1-2-9-10(4-7)16-6-15-9/h1-2,4,8H,3,5-6H2. The van der Waals surface area contributed by atoms with Crippen LogP contribution in [0, 0.1) is 5.92 Å². The van der Waals surface area contributed by atoms with Crippen LogP contribution >= 0.6 is 0 Å². The highest BCUT2D eigenvalue weighted by atomic mass is 16.7. The number of ether oxygens (including phenoxy) is 3. The summed E-state index contributed by atoms with van der Waals surface area (Å²) in [6, 6.07) is 5.50. The molecule has 0 bridgehead atoms. The van der Waals surface area contributed by atoms with E-state index < -0.39 is 11.9 Å². The molecule has 1 atom stereocenters. The third kappa shape index (κ3) is 1.84. The van der Waals surface area contributed by atoms with Crippen molar-refractivity contribution in [1.29, 1.82) is 0 Å². The molecule has 1 saturated heterocycles. The average molecular weight is 234 g/mol. The summed E-state index contributed by atoms with van der Waals surface area (Å²) in [5, 5.41) is 0. The summed E-state index contributed by atoms with van der Waals surface area (Å²) in [4.78, 5) is 22.3. The number of carbonyl (C=O) groups excluding carboxylic acids is 2. The molecule has 0 radical (unpaired) electrons. The minimum absolute atomic E-state index is 0.160. The molecule has 1 aromatic carbocycles. The van der Waals surface area contributed by atoms with Gasteiger partial charge in [-0.2, -0.15) is 0 Å². The van der Waals surface area contributed by atoms with E-state index in [2.05, 4.69) is 4.74 Å². The maximum absolute atomic E-state index is 11.3. The smallest absolute Gasteiger partial charge is 0.317 e. The summed E-state index contributed by atoms with van der Waals surface area (Å²) in [6.45, 7) is 0.225. The molecule has 1 unspecified atom stereocenters. The number of carbonyl (C=O) groups is 2. The molecule has 0 spiro atoms. The minimum atomic E-state index is -0.444. The molecule has 0 saturated carbocycles. The van der Waals surface area contributed by atoms with Crippen molar-refractivity contribution in [2.45, 2.75) is 12.8 Å². The molecule has 2 aliphatic heterocycles. The molecule has 0 amide bonds. The summed E-state index contributed by atoms with van der Waals surface area (Å²) in [7, 11) is 0. The number of esters is 2. The van der Waals surface area contributed by atoms with Crippen LogP contribution in [0.5, 0.6) is 11.5 Å². The zero-order chi connectivity index (χ0) is 11.8. The first-order chi connectivity index (χ1) is 8.22. The SMILES string of the molecule is O=C1CC(Cc2ccc3c(c2)OCO3)C(=O)O1. The molecule has 3 rings (SSSR count). The Morgan fingerprint density at radius 1 is 1.18 bits per heavy atom. The van der Waals surface area contributed by atoms with Gasteiger partial charge in [0, 0.05) is 0 Å². The molecule has 17 heavy (non-hydrogen) atoms. The normalized spacial score (nSPS) is 21.8. The number of benzene rings is 1. The van der Waals surface area contributed by atoms with Gasteiger partial charge in [0.05, 0.1) is 12.3 Å². The first-order valence-corrected chi connectivity index (χ1v) is 5.35. The predicted molar refractivity (Wildman–Crippen MR) is 55.5 cm³/mol. The Morgan fingerprint density at radius 3 is 2.76 bits per heavy atom. The molecule has 2 aliphatic rings. The van der Waals surface area contributed by atoms with Crippen molar-refractivity contribution in [3.05, 3.63) is 23.8 Å². The Hall–Kier alpha value is -2.04. The van der Waals surface area contributed by atoms with Crippen LogP contribution in [0.25, 0.3) is 0 Å². The number of fused-ring (bicyclic) bond motifs is 1. The van der Waals surface area contributed by atoms with E-state index in [-0.39, 0.29) is 19.1 Å². The fourth-order valence-corrected chi connectivity index (χ4v) is 2.03. The van der Waals surface area contributed by atoms with Gasteiger partial charge in [-0.05, 0) is 24.1 Å². The second-order valence-electron chi connectivity index (χ2n) is 4.09. The summed E-state index contributed by atoms with van der Waals surface area (Å²) < 4.78 is 14.9. The van der Waals surface area contributed by atoms with E-state index in [0.29, 0.717) is 17.9 Å². The molecule has 0 aliphatic carbocycles. The van der Waals surface area contributed by atoms with Crippen LogP contribution in [0.3, 0.4) is 0 Å². The van der Waals surface area contributed by atoms with Gasteiger partial charge >= 0.3 is 11.9 Å². The van der Waals surface area contributed by atoms with Gasteiger partial charge in [-0.3, -0.25) is 9.59 Å². The molecule has 1 aromatic rings. The number of hydrogen-bond donors (Lipinski definition) is 0. The summed E-state index contributed by atoms with van der Waals surface area (Å²) in [5.74, 6) is 0.135. The first-order valence-electron chi connectivity index (χ1n) is 5.35. The number of cyclic esters (lactones) is 2. The lowest BCUT2D eigenvalue weighted by Crippen LogP contribution is -2.10. The average Bonchev–Trinajstić information content (AvgIpc) is 2.85. The minimum Gasteiger partial charge on any atom is -0.454 e. The van der Waals surface area contributed by atoms with E-state index in [1.54, 1.807) is 6.07 Å².